The number of benzene rings is 1. The number of likely N-dealkylation sites (N-methyl/N-ethyl adjacent to an activating group) is 1. The van der Waals surface area contributed by atoms with E-state index in [4.69, 9.17) is 16.3 Å². The van der Waals surface area contributed by atoms with E-state index in [1.54, 1.807) is 30.0 Å². The summed E-state index contributed by atoms with van der Waals surface area (Å²) in [7, 11) is 0. The van der Waals surface area contributed by atoms with E-state index in [1.165, 1.54) is 0 Å². The number of hydrogen-bond acceptors (Lipinski definition) is 3. The number of nitrogens with zero attached hydrogens (tertiary/aromatic N) is 1. The Kier molecular flexibility index (Phi) is 7.02. The smallest absolute Gasteiger partial charge is 0.260 e. The molecular formula is C15H21ClN2O3. The minimum atomic E-state index is -0.0866. The van der Waals surface area contributed by atoms with Gasteiger partial charge < -0.3 is 15.0 Å². The SMILES string of the molecule is CCC(=O)Nc1ccc(OCC(=O)N(CC)CC)c(Cl)c1. The lowest BCUT2D eigenvalue weighted by molar-refractivity contribution is -0.133. The Balaban J connectivity index is 2.64. The average Bonchev–Trinajstić information content (AvgIpc) is 2.47. The maximum Gasteiger partial charge on any atom is 0.260 e. The van der Waals surface area contributed by atoms with Gasteiger partial charge in [-0.05, 0) is 32.0 Å². The van der Waals surface area contributed by atoms with E-state index >= 15 is 0 Å². The molecule has 21 heavy (non-hydrogen) atoms. The van der Waals surface area contributed by atoms with Crippen LogP contribution in [0.3, 0.4) is 0 Å². The first-order valence-corrected chi connectivity index (χ1v) is 7.39. The minimum Gasteiger partial charge on any atom is -0.482 e. The Labute approximate surface area is 130 Å². The summed E-state index contributed by atoms with van der Waals surface area (Å²) in [6, 6.07) is 4.94. The van der Waals surface area contributed by atoms with Gasteiger partial charge in [0.2, 0.25) is 5.91 Å². The number of anilines is 1. The summed E-state index contributed by atoms with van der Waals surface area (Å²) < 4.78 is 5.43. The summed E-state index contributed by atoms with van der Waals surface area (Å²) in [6.45, 7) is 6.84. The van der Waals surface area contributed by atoms with Gasteiger partial charge in [-0.15, -0.1) is 0 Å². The van der Waals surface area contributed by atoms with Gasteiger partial charge in [-0.1, -0.05) is 18.5 Å². The fourth-order valence-electron chi connectivity index (χ4n) is 1.75. The van der Waals surface area contributed by atoms with Gasteiger partial charge in [0.1, 0.15) is 5.75 Å². The monoisotopic (exact) mass is 312 g/mol. The summed E-state index contributed by atoms with van der Waals surface area (Å²) >= 11 is 6.09. The van der Waals surface area contributed by atoms with Crippen LogP contribution in [0.15, 0.2) is 18.2 Å². The summed E-state index contributed by atoms with van der Waals surface area (Å²) in [5.74, 6) is 0.252. The molecule has 5 nitrogen and oxygen atoms in total. The van der Waals surface area contributed by atoms with Crippen LogP contribution in [0.25, 0.3) is 0 Å². The van der Waals surface area contributed by atoms with Crippen molar-refractivity contribution in [3.63, 3.8) is 0 Å². The Morgan fingerprint density at radius 2 is 1.90 bits per heavy atom. The highest BCUT2D eigenvalue weighted by molar-refractivity contribution is 6.32. The van der Waals surface area contributed by atoms with Crippen LogP contribution < -0.4 is 10.1 Å². The predicted molar refractivity (Wildman–Crippen MR) is 83.8 cm³/mol. The molecule has 0 radical (unpaired) electrons. The molecular weight excluding hydrogens is 292 g/mol. The molecule has 1 aromatic carbocycles. The molecule has 1 aromatic rings. The maximum absolute atomic E-state index is 11.8. The van der Waals surface area contributed by atoms with Crippen LogP contribution in [-0.4, -0.2) is 36.4 Å². The lowest BCUT2D eigenvalue weighted by Crippen LogP contribution is -2.34. The summed E-state index contributed by atoms with van der Waals surface area (Å²) in [5.41, 5.74) is 0.606. The summed E-state index contributed by atoms with van der Waals surface area (Å²) in [6.07, 6.45) is 0.397. The first kappa shape index (κ1) is 17.3. The van der Waals surface area contributed by atoms with Crippen LogP contribution >= 0.6 is 11.6 Å². The van der Waals surface area contributed by atoms with Gasteiger partial charge in [-0.3, -0.25) is 9.59 Å². The van der Waals surface area contributed by atoms with Crippen molar-refractivity contribution >= 4 is 29.1 Å². The van der Waals surface area contributed by atoms with Gasteiger partial charge in [0.25, 0.3) is 5.91 Å². The van der Waals surface area contributed by atoms with Crippen molar-refractivity contribution in [2.45, 2.75) is 27.2 Å². The lowest BCUT2D eigenvalue weighted by atomic mass is 10.3. The van der Waals surface area contributed by atoms with Crippen LogP contribution in [0.2, 0.25) is 5.02 Å². The molecule has 2 amide bonds. The van der Waals surface area contributed by atoms with E-state index < -0.39 is 0 Å². The highest BCUT2D eigenvalue weighted by Gasteiger charge is 2.12. The topological polar surface area (TPSA) is 58.6 Å². The van der Waals surface area contributed by atoms with Gasteiger partial charge in [-0.2, -0.15) is 0 Å². The van der Waals surface area contributed by atoms with Gasteiger partial charge in [0, 0.05) is 25.2 Å². The zero-order chi connectivity index (χ0) is 15.8. The normalized spacial score (nSPS) is 10.1. The average molecular weight is 313 g/mol. The van der Waals surface area contributed by atoms with Gasteiger partial charge in [0.15, 0.2) is 6.61 Å². The maximum atomic E-state index is 11.8. The van der Waals surface area contributed by atoms with E-state index in [-0.39, 0.29) is 18.4 Å². The second kappa shape index (κ2) is 8.52. The number of carbonyl (C=O) groups is 2. The fraction of sp³-hybridized carbons (Fsp3) is 0.467. The molecule has 0 aliphatic rings. The zero-order valence-corrected chi connectivity index (χ0v) is 13.4. The Morgan fingerprint density at radius 3 is 2.43 bits per heavy atom. The highest BCUT2D eigenvalue weighted by Crippen LogP contribution is 2.27. The number of amides is 2. The minimum absolute atomic E-state index is 0.0535. The van der Waals surface area contributed by atoms with Crippen molar-refractivity contribution in [2.24, 2.45) is 0 Å². The second-order valence-electron chi connectivity index (χ2n) is 4.40. The van der Waals surface area contributed by atoms with Crippen LogP contribution in [0.5, 0.6) is 5.75 Å². The Morgan fingerprint density at radius 1 is 1.24 bits per heavy atom. The van der Waals surface area contributed by atoms with Crippen molar-refractivity contribution in [2.75, 3.05) is 25.0 Å². The molecule has 0 saturated heterocycles. The van der Waals surface area contributed by atoms with E-state index in [0.717, 1.165) is 0 Å². The molecule has 0 heterocycles. The van der Waals surface area contributed by atoms with Crippen molar-refractivity contribution < 1.29 is 14.3 Å². The Hall–Kier alpha value is -1.75. The molecule has 0 aromatic heterocycles. The fourth-order valence-corrected chi connectivity index (χ4v) is 1.99. The number of ether oxygens (including phenoxy) is 1. The molecule has 0 fully saturated rings. The van der Waals surface area contributed by atoms with Crippen molar-refractivity contribution in [1.82, 2.24) is 4.90 Å². The molecule has 0 unspecified atom stereocenters. The number of nitrogens with one attached hydrogen (secondary N) is 1. The predicted octanol–water partition coefficient (Wildman–Crippen LogP) is 2.94. The number of hydrogen-bond donors (Lipinski definition) is 1. The molecule has 0 aliphatic carbocycles. The van der Waals surface area contributed by atoms with Crippen molar-refractivity contribution in [3.8, 4) is 5.75 Å². The van der Waals surface area contributed by atoms with E-state index in [0.29, 0.717) is 36.0 Å². The Bertz CT molecular complexity index is 502. The molecule has 116 valence electrons. The lowest BCUT2D eigenvalue weighted by Gasteiger charge is -2.19. The van der Waals surface area contributed by atoms with Gasteiger partial charge >= 0.3 is 0 Å². The molecule has 0 aliphatic heterocycles. The largest absolute Gasteiger partial charge is 0.482 e. The van der Waals surface area contributed by atoms with E-state index in [1.807, 2.05) is 13.8 Å². The molecule has 0 spiro atoms. The number of rotatable bonds is 7. The third-order valence-electron chi connectivity index (χ3n) is 3.00. The van der Waals surface area contributed by atoms with Crippen LogP contribution in [0.4, 0.5) is 5.69 Å². The number of halogens is 1. The molecule has 0 atom stereocenters. The first-order valence-electron chi connectivity index (χ1n) is 7.01. The van der Waals surface area contributed by atoms with Crippen LogP contribution in [-0.2, 0) is 9.59 Å². The molecule has 1 rings (SSSR count). The van der Waals surface area contributed by atoms with E-state index in [9.17, 15) is 9.59 Å². The third kappa shape index (κ3) is 5.27. The standard InChI is InChI=1S/C15H21ClN2O3/c1-4-14(19)17-11-7-8-13(12(16)9-11)21-10-15(20)18(5-2)6-3/h7-9H,4-6,10H2,1-3H3,(H,17,19). The van der Waals surface area contributed by atoms with Crippen molar-refractivity contribution in [3.05, 3.63) is 23.2 Å². The third-order valence-corrected chi connectivity index (χ3v) is 3.30. The van der Waals surface area contributed by atoms with Gasteiger partial charge in [-0.25, -0.2) is 0 Å². The molecule has 1 N–H and O–H groups in total. The van der Waals surface area contributed by atoms with Gasteiger partial charge in [0.05, 0.1) is 5.02 Å². The number of carbonyl (C=O) groups excluding carboxylic acids is 2. The zero-order valence-electron chi connectivity index (χ0n) is 12.6. The first-order chi connectivity index (χ1) is 10.0. The molecule has 6 heteroatoms. The van der Waals surface area contributed by atoms with Crippen LogP contribution in [0, 0.1) is 0 Å². The quantitative estimate of drug-likeness (QED) is 0.842. The molecule has 0 bridgehead atoms. The summed E-state index contributed by atoms with van der Waals surface area (Å²) in [4.78, 5) is 24.8. The van der Waals surface area contributed by atoms with E-state index in [2.05, 4.69) is 5.32 Å². The molecule has 0 saturated carbocycles. The highest BCUT2D eigenvalue weighted by atomic mass is 35.5. The van der Waals surface area contributed by atoms with Crippen LogP contribution in [0.1, 0.15) is 27.2 Å². The van der Waals surface area contributed by atoms with Crippen molar-refractivity contribution in [1.29, 1.82) is 0 Å². The summed E-state index contributed by atoms with van der Waals surface area (Å²) in [5, 5.41) is 3.06. The second-order valence-corrected chi connectivity index (χ2v) is 4.81.